The first-order valence-electron chi connectivity index (χ1n) is 11.9. The van der Waals surface area contributed by atoms with Crippen LogP contribution in [0.2, 0.25) is 0 Å². The summed E-state index contributed by atoms with van der Waals surface area (Å²) in [7, 11) is 0. The molecule has 5 aromatic rings. The third-order valence-corrected chi connectivity index (χ3v) is 5.91. The van der Waals surface area contributed by atoms with Crippen molar-refractivity contribution in [3.05, 3.63) is 103 Å². The number of aromatic nitrogens is 4. The summed E-state index contributed by atoms with van der Waals surface area (Å²) in [6, 6.07) is 28.8. The van der Waals surface area contributed by atoms with Crippen LogP contribution in [-0.4, -0.2) is 20.0 Å². The van der Waals surface area contributed by atoms with E-state index in [9.17, 15) is 0 Å². The number of nitrogens with zero attached hydrogens (tertiary/aromatic N) is 4. The van der Waals surface area contributed by atoms with Gasteiger partial charge in [0.2, 0.25) is 5.89 Å². The van der Waals surface area contributed by atoms with Crippen molar-refractivity contribution >= 4 is 0 Å². The highest BCUT2D eigenvalue weighted by atomic mass is 16.4. The molecule has 0 bridgehead atoms. The molecule has 3 aromatic carbocycles. The average molecular weight is 449 g/mol. The fourth-order valence-electron chi connectivity index (χ4n) is 4.08. The van der Waals surface area contributed by atoms with Crippen molar-refractivity contribution in [2.75, 3.05) is 0 Å². The van der Waals surface area contributed by atoms with Crippen LogP contribution in [0.15, 0.2) is 95.5 Å². The van der Waals surface area contributed by atoms with Gasteiger partial charge in [0, 0.05) is 16.7 Å². The molecule has 0 spiro atoms. The van der Waals surface area contributed by atoms with Gasteiger partial charge in [-0.25, -0.2) is 9.67 Å². The zero-order valence-corrected chi connectivity index (χ0v) is 19.4. The Morgan fingerprint density at radius 2 is 1.47 bits per heavy atom. The van der Waals surface area contributed by atoms with E-state index in [4.69, 9.17) is 9.40 Å². The molecule has 0 saturated heterocycles. The average Bonchev–Trinajstić information content (AvgIpc) is 3.53. The van der Waals surface area contributed by atoms with Crippen LogP contribution < -0.4 is 0 Å². The smallest absolute Gasteiger partial charge is 0.217 e. The van der Waals surface area contributed by atoms with Gasteiger partial charge >= 0.3 is 0 Å². The summed E-state index contributed by atoms with van der Waals surface area (Å²) in [5.74, 6) is 1.36. The number of hydrogen-bond acceptors (Lipinski definition) is 4. The zero-order valence-electron chi connectivity index (χ0n) is 19.4. The van der Waals surface area contributed by atoms with E-state index >= 15 is 0 Å². The highest BCUT2D eigenvalue weighted by molar-refractivity contribution is 5.76. The molecule has 0 fully saturated rings. The molecule has 34 heavy (non-hydrogen) atoms. The zero-order chi connectivity index (χ0) is 23.2. The maximum atomic E-state index is 6.24. The first kappa shape index (κ1) is 21.8. The Kier molecular flexibility index (Phi) is 6.61. The maximum Gasteiger partial charge on any atom is 0.217 e. The summed E-state index contributed by atoms with van der Waals surface area (Å²) in [6.07, 6.45) is 6.82. The molecule has 170 valence electrons. The summed E-state index contributed by atoms with van der Waals surface area (Å²) in [4.78, 5) is 4.83. The van der Waals surface area contributed by atoms with Crippen LogP contribution >= 0.6 is 0 Å². The molecule has 5 rings (SSSR count). The fraction of sp³-hybridized carbons (Fsp3) is 0.207. The number of rotatable bonds is 9. The van der Waals surface area contributed by atoms with Crippen LogP contribution in [0.1, 0.15) is 37.6 Å². The van der Waals surface area contributed by atoms with E-state index in [1.54, 1.807) is 4.68 Å². The van der Waals surface area contributed by atoms with E-state index in [0.717, 1.165) is 40.3 Å². The second-order valence-corrected chi connectivity index (χ2v) is 8.47. The summed E-state index contributed by atoms with van der Waals surface area (Å²) < 4.78 is 8.01. The first-order valence-corrected chi connectivity index (χ1v) is 11.9. The van der Waals surface area contributed by atoms with Gasteiger partial charge in [-0.1, -0.05) is 110 Å². The van der Waals surface area contributed by atoms with Gasteiger partial charge in [0.05, 0.1) is 6.20 Å². The molecular weight excluding hydrogens is 420 g/mol. The van der Waals surface area contributed by atoms with Crippen molar-refractivity contribution in [3.63, 3.8) is 0 Å². The summed E-state index contributed by atoms with van der Waals surface area (Å²) in [6.45, 7) is 2.64. The number of hydrogen-bond donors (Lipinski definition) is 0. The minimum absolute atomic E-state index is 0.411. The predicted octanol–water partition coefficient (Wildman–Crippen LogP) is 7.05. The van der Waals surface area contributed by atoms with Gasteiger partial charge in [-0.3, -0.25) is 0 Å². The van der Waals surface area contributed by atoms with Crippen LogP contribution in [0.25, 0.3) is 33.8 Å². The van der Waals surface area contributed by atoms with Crippen LogP contribution in [-0.2, 0) is 13.0 Å². The molecule has 0 N–H and O–H groups in total. The van der Waals surface area contributed by atoms with Gasteiger partial charge in [-0.15, -0.1) is 5.10 Å². The van der Waals surface area contributed by atoms with Crippen LogP contribution in [0.4, 0.5) is 0 Å². The number of aryl methyl sites for hydroxylation is 1. The first-order chi connectivity index (χ1) is 16.8. The molecule has 0 saturated carbocycles. The van der Waals surface area contributed by atoms with E-state index in [2.05, 4.69) is 41.5 Å². The van der Waals surface area contributed by atoms with E-state index in [1.807, 2.05) is 66.9 Å². The van der Waals surface area contributed by atoms with Gasteiger partial charge in [0.1, 0.15) is 17.9 Å². The van der Waals surface area contributed by atoms with Gasteiger partial charge in [0.25, 0.3) is 0 Å². The second-order valence-electron chi connectivity index (χ2n) is 8.47. The second kappa shape index (κ2) is 10.3. The van der Waals surface area contributed by atoms with Crippen molar-refractivity contribution in [3.8, 4) is 33.8 Å². The lowest BCUT2D eigenvalue weighted by molar-refractivity contribution is 0.469. The van der Waals surface area contributed by atoms with E-state index in [-0.39, 0.29) is 0 Å². The Morgan fingerprint density at radius 3 is 2.18 bits per heavy atom. The highest BCUT2D eigenvalue weighted by Gasteiger charge is 2.17. The molecule has 0 aliphatic heterocycles. The highest BCUT2D eigenvalue weighted by Crippen LogP contribution is 2.32. The molecule has 0 aliphatic rings. The molecule has 2 heterocycles. The van der Waals surface area contributed by atoms with Crippen LogP contribution in [0, 0.1) is 0 Å². The topological polar surface area (TPSA) is 56.7 Å². The minimum Gasteiger partial charge on any atom is -0.438 e. The third-order valence-electron chi connectivity index (χ3n) is 5.91. The van der Waals surface area contributed by atoms with Gasteiger partial charge in [-0.2, -0.15) is 0 Å². The summed E-state index contributed by atoms with van der Waals surface area (Å²) in [5.41, 5.74) is 6.13. The monoisotopic (exact) mass is 448 g/mol. The molecule has 5 nitrogen and oxygen atoms in total. The Balaban J connectivity index is 1.37. The molecule has 0 aliphatic carbocycles. The molecule has 0 amide bonds. The number of benzene rings is 3. The van der Waals surface area contributed by atoms with Crippen LogP contribution in [0.5, 0.6) is 0 Å². The fourth-order valence-corrected chi connectivity index (χ4v) is 4.08. The molecular formula is C29H28N4O. The molecule has 2 aromatic heterocycles. The Morgan fingerprint density at radius 1 is 0.765 bits per heavy atom. The number of oxazole rings is 1. The summed E-state index contributed by atoms with van der Waals surface area (Å²) in [5, 5.41) is 8.70. The third kappa shape index (κ3) is 4.99. The predicted molar refractivity (Wildman–Crippen MR) is 135 cm³/mol. The van der Waals surface area contributed by atoms with Gasteiger partial charge < -0.3 is 4.42 Å². The van der Waals surface area contributed by atoms with Crippen molar-refractivity contribution < 1.29 is 4.42 Å². The van der Waals surface area contributed by atoms with Crippen molar-refractivity contribution in [2.24, 2.45) is 0 Å². The van der Waals surface area contributed by atoms with Crippen molar-refractivity contribution in [1.29, 1.82) is 0 Å². The SMILES string of the molecule is CCCCCc1ccc(-c2cn(Cc3nc(-c4ccccc4)c(-c4ccccc4)o3)nn2)cc1. The van der Waals surface area contributed by atoms with Crippen molar-refractivity contribution in [2.45, 2.75) is 39.2 Å². The number of unbranched alkanes of at least 4 members (excludes halogenated alkanes) is 2. The lowest BCUT2D eigenvalue weighted by Crippen LogP contribution is -2.00. The molecule has 0 radical (unpaired) electrons. The van der Waals surface area contributed by atoms with Gasteiger partial charge in [-0.05, 0) is 18.4 Å². The van der Waals surface area contributed by atoms with Gasteiger partial charge in [0.15, 0.2) is 5.76 Å². The van der Waals surface area contributed by atoms with Crippen molar-refractivity contribution in [1.82, 2.24) is 20.0 Å². The molecule has 0 atom stereocenters. The van der Waals surface area contributed by atoms with Crippen LogP contribution in [0.3, 0.4) is 0 Å². The largest absolute Gasteiger partial charge is 0.438 e. The molecule has 5 heteroatoms. The Labute approximate surface area is 200 Å². The minimum atomic E-state index is 0.411. The maximum absolute atomic E-state index is 6.24. The lowest BCUT2D eigenvalue weighted by Gasteiger charge is -2.02. The quantitative estimate of drug-likeness (QED) is 0.227. The standard InChI is InChI=1S/C29H28N4O/c1-2-3-6-11-22-16-18-23(19-17-22)26-20-33(32-31-26)21-27-30-28(24-12-7-4-8-13-24)29(34-27)25-14-9-5-10-15-25/h4-5,7-10,12-20H,2-3,6,11,21H2,1H3. The van der Waals surface area contributed by atoms with E-state index in [0.29, 0.717) is 12.4 Å². The van der Waals surface area contributed by atoms with E-state index in [1.165, 1.54) is 24.8 Å². The lowest BCUT2D eigenvalue weighted by atomic mass is 10.0. The Hall–Kier alpha value is -3.99. The summed E-state index contributed by atoms with van der Waals surface area (Å²) >= 11 is 0. The molecule has 0 unspecified atom stereocenters. The Bertz CT molecular complexity index is 1260. The van der Waals surface area contributed by atoms with E-state index < -0.39 is 0 Å². The normalized spacial score (nSPS) is 11.1.